The van der Waals surface area contributed by atoms with Crippen LogP contribution in [0.15, 0.2) is 60.2 Å². The Morgan fingerprint density at radius 1 is 0.886 bits per heavy atom. The average molecular weight is 489 g/mol. The number of nitrogens with one attached hydrogen (secondary N) is 1. The normalized spacial score (nSPS) is 14.9. The molecule has 4 rings (SSSR count). The lowest BCUT2D eigenvalue weighted by Crippen LogP contribution is -2.54. The molecule has 0 spiro atoms. The number of nitrogens with zero attached hydrogens (tertiary/aromatic N) is 1. The molecule has 0 aromatic heterocycles. The molecule has 1 aliphatic rings. The van der Waals surface area contributed by atoms with Crippen molar-refractivity contribution in [1.82, 2.24) is 5.32 Å². The Morgan fingerprint density at radius 2 is 1.66 bits per heavy atom. The lowest BCUT2D eigenvalue weighted by molar-refractivity contribution is -0.122. The molecule has 7 heteroatoms. The first-order valence-electron chi connectivity index (χ1n) is 11.1. The van der Waals surface area contributed by atoms with Gasteiger partial charge in [0.2, 0.25) is 0 Å². The molecule has 0 radical (unpaired) electrons. The average Bonchev–Trinajstić information content (AvgIpc) is 2.79. The summed E-state index contributed by atoms with van der Waals surface area (Å²) in [5.74, 6) is -1.04. The Hall–Kier alpha value is -3.90. The Bertz CT molecular complexity index is 1390. The van der Waals surface area contributed by atoms with E-state index >= 15 is 0 Å². The number of carbonyl (C=O) groups excluding carboxylic acids is 3. The highest BCUT2D eigenvalue weighted by atomic mass is 35.5. The van der Waals surface area contributed by atoms with Crippen LogP contribution in [0.25, 0.3) is 6.08 Å². The number of ether oxygens (including phenoxy) is 1. The molecule has 0 aliphatic carbocycles. The predicted molar refractivity (Wildman–Crippen MR) is 137 cm³/mol. The van der Waals surface area contributed by atoms with E-state index in [4.69, 9.17) is 16.3 Å². The molecule has 178 valence electrons. The highest BCUT2D eigenvalue weighted by Gasteiger charge is 2.37. The van der Waals surface area contributed by atoms with Gasteiger partial charge in [-0.25, -0.2) is 9.69 Å². The second-order valence-electron chi connectivity index (χ2n) is 8.64. The zero-order chi connectivity index (χ0) is 25.3. The Labute approximate surface area is 209 Å². The van der Waals surface area contributed by atoms with E-state index < -0.39 is 17.8 Å². The first kappa shape index (κ1) is 24.2. The number of aryl methyl sites for hydroxylation is 4. The number of hydrogen-bond donors (Lipinski definition) is 1. The Kier molecular flexibility index (Phi) is 6.76. The summed E-state index contributed by atoms with van der Waals surface area (Å²) >= 11 is 6.21. The first-order valence-corrected chi connectivity index (χ1v) is 11.5. The largest absolute Gasteiger partial charge is 0.488 e. The number of imide groups is 2. The molecule has 0 saturated carbocycles. The predicted octanol–water partition coefficient (Wildman–Crippen LogP) is 5.82. The lowest BCUT2D eigenvalue weighted by Gasteiger charge is -2.27. The van der Waals surface area contributed by atoms with E-state index in [2.05, 4.69) is 11.4 Å². The molecule has 0 unspecified atom stereocenters. The van der Waals surface area contributed by atoms with Crippen molar-refractivity contribution in [3.8, 4) is 5.75 Å². The molecule has 1 fully saturated rings. The van der Waals surface area contributed by atoms with Crippen LogP contribution in [0.4, 0.5) is 10.5 Å². The maximum absolute atomic E-state index is 13.3. The number of urea groups is 1. The van der Waals surface area contributed by atoms with Gasteiger partial charge < -0.3 is 4.74 Å². The second kappa shape index (κ2) is 9.76. The van der Waals surface area contributed by atoms with Gasteiger partial charge in [0, 0.05) is 10.6 Å². The van der Waals surface area contributed by atoms with Gasteiger partial charge in [-0.3, -0.25) is 14.9 Å². The van der Waals surface area contributed by atoms with Crippen molar-refractivity contribution in [2.45, 2.75) is 34.3 Å². The number of barbiturate groups is 1. The first-order chi connectivity index (χ1) is 16.6. The number of halogens is 1. The summed E-state index contributed by atoms with van der Waals surface area (Å²) in [5, 5.41) is 2.68. The topological polar surface area (TPSA) is 75.7 Å². The van der Waals surface area contributed by atoms with E-state index in [1.807, 2.05) is 39.0 Å². The zero-order valence-corrected chi connectivity index (χ0v) is 20.7. The molecule has 1 saturated heterocycles. The number of rotatable bonds is 5. The summed E-state index contributed by atoms with van der Waals surface area (Å²) in [7, 11) is 0. The van der Waals surface area contributed by atoms with Gasteiger partial charge in [-0.1, -0.05) is 47.5 Å². The summed E-state index contributed by atoms with van der Waals surface area (Å²) in [6.07, 6.45) is 1.40. The summed E-state index contributed by atoms with van der Waals surface area (Å²) in [6, 6.07) is 15.6. The van der Waals surface area contributed by atoms with Gasteiger partial charge in [-0.2, -0.15) is 0 Å². The smallest absolute Gasteiger partial charge is 0.335 e. The fourth-order valence-electron chi connectivity index (χ4n) is 3.91. The van der Waals surface area contributed by atoms with E-state index in [0.29, 0.717) is 28.6 Å². The molecule has 6 nitrogen and oxygen atoms in total. The number of amides is 4. The summed E-state index contributed by atoms with van der Waals surface area (Å²) in [6.45, 7) is 8.10. The third-order valence-corrected chi connectivity index (χ3v) is 6.17. The second-order valence-corrected chi connectivity index (χ2v) is 9.07. The quantitative estimate of drug-likeness (QED) is 0.362. The zero-order valence-electron chi connectivity index (χ0n) is 19.9. The third kappa shape index (κ3) is 5.12. The molecule has 1 heterocycles. The van der Waals surface area contributed by atoms with Crippen molar-refractivity contribution < 1.29 is 19.1 Å². The van der Waals surface area contributed by atoms with Crippen molar-refractivity contribution in [2.24, 2.45) is 0 Å². The van der Waals surface area contributed by atoms with Gasteiger partial charge in [0.05, 0.1) is 5.69 Å². The molecule has 0 bridgehead atoms. The van der Waals surface area contributed by atoms with E-state index in [1.54, 1.807) is 37.3 Å². The molecule has 1 N–H and O–H groups in total. The van der Waals surface area contributed by atoms with Crippen LogP contribution in [0.5, 0.6) is 5.75 Å². The van der Waals surface area contributed by atoms with Crippen molar-refractivity contribution >= 4 is 41.2 Å². The summed E-state index contributed by atoms with van der Waals surface area (Å²) in [4.78, 5) is 39.6. The Balaban J connectivity index is 1.68. The van der Waals surface area contributed by atoms with Crippen molar-refractivity contribution in [3.63, 3.8) is 0 Å². The molecular formula is C28H25ClN2O4. The SMILES string of the molecule is Cc1ccc(N2C(=O)NC(=O)/C(=C\c3cc(Cl)ccc3OCc3ccc(C)c(C)c3)C2=O)c(C)c1. The summed E-state index contributed by atoms with van der Waals surface area (Å²) < 4.78 is 6.02. The van der Waals surface area contributed by atoms with Crippen LogP contribution in [0.3, 0.4) is 0 Å². The van der Waals surface area contributed by atoms with Gasteiger partial charge in [0.15, 0.2) is 0 Å². The molecule has 1 aliphatic heterocycles. The fraction of sp³-hybridized carbons (Fsp3) is 0.179. The molecular weight excluding hydrogens is 464 g/mol. The van der Waals surface area contributed by atoms with Gasteiger partial charge in [0.25, 0.3) is 11.8 Å². The van der Waals surface area contributed by atoms with Crippen LogP contribution in [0.2, 0.25) is 5.02 Å². The van der Waals surface area contributed by atoms with Crippen LogP contribution in [-0.4, -0.2) is 17.8 Å². The van der Waals surface area contributed by atoms with Crippen molar-refractivity contribution in [3.05, 3.63) is 98.6 Å². The van der Waals surface area contributed by atoms with Gasteiger partial charge >= 0.3 is 6.03 Å². The maximum atomic E-state index is 13.3. The van der Waals surface area contributed by atoms with Crippen molar-refractivity contribution in [1.29, 1.82) is 0 Å². The summed E-state index contributed by atoms with van der Waals surface area (Å²) in [5.41, 5.74) is 5.74. The minimum Gasteiger partial charge on any atom is -0.488 e. The van der Waals surface area contributed by atoms with Crippen LogP contribution in [0.1, 0.15) is 33.4 Å². The number of carbonyl (C=O) groups is 3. The van der Waals surface area contributed by atoms with E-state index in [9.17, 15) is 14.4 Å². The maximum Gasteiger partial charge on any atom is 0.335 e. The fourth-order valence-corrected chi connectivity index (χ4v) is 4.09. The van der Waals surface area contributed by atoms with Crippen LogP contribution in [0, 0.1) is 27.7 Å². The van der Waals surface area contributed by atoms with E-state index in [0.717, 1.165) is 27.2 Å². The van der Waals surface area contributed by atoms with Crippen molar-refractivity contribution in [2.75, 3.05) is 4.90 Å². The number of anilines is 1. The minimum absolute atomic E-state index is 0.192. The van der Waals surface area contributed by atoms with Gasteiger partial charge in [-0.15, -0.1) is 0 Å². The molecule has 35 heavy (non-hydrogen) atoms. The number of hydrogen-bond acceptors (Lipinski definition) is 4. The van der Waals surface area contributed by atoms with Crippen LogP contribution < -0.4 is 15.0 Å². The molecule has 0 atom stereocenters. The third-order valence-electron chi connectivity index (χ3n) is 5.93. The number of benzene rings is 3. The molecule has 4 amide bonds. The van der Waals surface area contributed by atoms with E-state index in [1.165, 1.54) is 11.6 Å². The highest BCUT2D eigenvalue weighted by molar-refractivity contribution is 6.39. The van der Waals surface area contributed by atoms with Gasteiger partial charge in [-0.05, 0) is 80.3 Å². The highest BCUT2D eigenvalue weighted by Crippen LogP contribution is 2.30. The van der Waals surface area contributed by atoms with Gasteiger partial charge in [0.1, 0.15) is 17.9 Å². The standard InChI is InChI=1S/C28H25ClN2O4/c1-16-5-9-24(19(4)11-16)31-27(33)23(26(32)30-28(31)34)14-21-13-22(29)8-10-25(21)35-15-20-7-6-17(2)18(3)12-20/h5-14H,15H2,1-4H3,(H,30,32,34)/b23-14+. The monoisotopic (exact) mass is 488 g/mol. The minimum atomic E-state index is -0.790. The van der Waals surface area contributed by atoms with E-state index in [-0.39, 0.29) is 5.57 Å². The van der Waals surface area contributed by atoms with Crippen LogP contribution in [-0.2, 0) is 16.2 Å². The molecule has 3 aromatic rings. The molecule has 3 aromatic carbocycles. The lowest BCUT2D eigenvalue weighted by atomic mass is 10.0. The van der Waals surface area contributed by atoms with Crippen LogP contribution >= 0.6 is 11.6 Å². The Morgan fingerprint density at radius 3 is 2.37 bits per heavy atom.